The topological polar surface area (TPSA) is 81.1 Å². The SMILES string of the molecule is NS/C(C(=O)NCc1c(F)cccc1C(F)(F)F)=C(\N)C1CC1. The molecule has 5 N–H and O–H groups in total. The molecule has 1 aromatic carbocycles. The molecule has 4 nitrogen and oxygen atoms in total. The third-order valence-electron chi connectivity index (χ3n) is 3.45. The van der Waals surface area contributed by atoms with Crippen molar-refractivity contribution in [1.82, 2.24) is 5.32 Å². The van der Waals surface area contributed by atoms with E-state index in [-0.39, 0.29) is 10.8 Å². The Morgan fingerprint density at radius 3 is 2.52 bits per heavy atom. The van der Waals surface area contributed by atoms with Gasteiger partial charge in [-0.25, -0.2) is 4.39 Å². The Balaban J connectivity index is 2.18. The van der Waals surface area contributed by atoms with Crippen molar-refractivity contribution in [3.05, 3.63) is 45.7 Å². The average Bonchev–Trinajstić information content (AvgIpc) is 3.30. The molecule has 0 saturated heterocycles. The predicted octanol–water partition coefficient (Wildman–Crippen LogP) is 2.65. The number of carbonyl (C=O) groups excluding carboxylic acids is 1. The molecule has 0 unspecified atom stereocenters. The Labute approximate surface area is 134 Å². The van der Waals surface area contributed by atoms with Crippen LogP contribution in [0, 0.1) is 11.7 Å². The van der Waals surface area contributed by atoms with Crippen LogP contribution < -0.4 is 16.2 Å². The van der Waals surface area contributed by atoms with Gasteiger partial charge in [0.25, 0.3) is 5.91 Å². The molecular weight excluding hydrogens is 334 g/mol. The lowest BCUT2D eigenvalue weighted by Crippen LogP contribution is -2.28. The van der Waals surface area contributed by atoms with Crippen molar-refractivity contribution in [1.29, 1.82) is 0 Å². The van der Waals surface area contributed by atoms with Crippen LogP contribution in [0.3, 0.4) is 0 Å². The van der Waals surface area contributed by atoms with E-state index in [9.17, 15) is 22.4 Å². The molecular formula is C14H15F4N3OS. The Morgan fingerprint density at radius 1 is 1.35 bits per heavy atom. The second-order valence-electron chi connectivity index (χ2n) is 5.12. The van der Waals surface area contributed by atoms with Gasteiger partial charge in [0.05, 0.1) is 5.56 Å². The maximum absolute atomic E-state index is 13.7. The van der Waals surface area contributed by atoms with E-state index in [1.807, 2.05) is 0 Å². The molecule has 1 saturated carbocycles. The summed E-state index contributed by atoms with van der Waals surface area (Å²) in [6, 6.07) is 2.64. The third-order valence-corrected chi connectivity index (χ3v) is 4.11. The number of rotatable bonds is 5. The van der Waals surface area contributed by atoms with Gasteiger partial charge >= 0.3 is 6.18 Å². The maximum atomic E-state index is 13.7. The summed E-state index contributed by atoms with van der Waals surface area (Å²) in [4.78, 5) is 12.1. The number of amides is 1. The van der Waals surface area contributed by atoms with Crippen molar-refractivity contribution in [2.24, 2.45) is 16.8 Å². The smallest absolute Gasteiger partial charge is 0.401 e. The lowest BCUT2D eigenvalue weighted by molar-refractivity contribution is -0.138. The summed E-state index contributed by atoms with van der Waals surface area (Å²) >= 11 is 0.630. The highest BCUT2D eigenvalue weighted by molar-refractivity contribution is 8.01. The van der Waals surface area contributed by atoms with E-state index < -0.39 is 35.6 Å². The van der Waals surface area contributed by atoms with E-state index in [1.165, 1.54) is 0 Å². The highest BCUT2D eigenvalue weighted by Crippen LogP contribution is 2.37. The molecule has 0 radical (unpaired) electrons. The van der Waals surface area contributed by atoms with Crippen LogP contribution in [-0.2, 0) is 17.5 Å². The van der Waals surface area contributed by atoms with Crippen LogP contribution >= 0.6 is 11.9 Å². The first kappa shape index (κ1) is 17.6. The minimum Gasteiger partial charge on any atom is -0.401 e. The molecule has 126 valence electrons. The number of benzene rings is 1. The van der Waals surface area contributed by atoms with Crippen molar-refractivity contribution in [3.8, 4) is 0 Å². The number of nitrogens with one attached hydrogen (secondary N) is 1. The number of nitrogens with two attached hydrogens (primary N) is 2. The van der Waals surface area contributed by atoms with Crippen LogP contribution in [0.2, 0.25) is 0 Å². The molecule has 0 bridgehead atoms. The molecule has 0 aliphatic heterocycles. The van der Waals surface area contributed by atoms with E-state index >= 15 is 0 Å². The first-order valence-electron chi connectivity index (χ1n) is 6.74. The molecule has 1 aliphatic rings. The number of hydrogen-bond donors (Lipinski definition) is 3. The number of carbonyl (C=O) groups is 1. The minimum absolute atomic E-state index is 0.0531. The fourth-order valence-corrected chi connectivity index (χ4v) is 2.57. The zero-order chi connectivity index (χ0) is 17.2. The lowest BCUT2D eigenvalue weighted by Gasteiger charge is -2.15. The molecule has 1 aromatic rings. The van der Waals surface area contributed by atoms with Gasteiger partial charge in [-0.05, 0) is 42.8 Å². The van der Waals surface area contributed by atoms with Crippen molar-refractivity contribution in [2.45, 2.75) is 25.6 Å². The Morgan fingerprint density at radius 2 is 2.00 bits per heavy atom. The van der Waals surface area contributed by atoms with Gasteiger partial charge in [-0.2, -0.15) is 13.2 Å². The average molecular weight is 349 g/mol. The summed E-state index contributed by atoms with van der Waals surface area (Å²) in [5.74, 6) is -1.68. The molecule has 1 aliphatic carbocycles. The van der Waals surface area contributed by atoms with Gasteiger partial charge in [0, 0.05) is 17.8 Å². The number of halogens is 4. The molecule has 1 amide bonds. The maximum Gasteiger partial charge on any atom is 0.416 e. The van der Waals surface area contributed by atoms with E-state index in [2.05, 4.69) is 5.32 Å². The van der Waals surface area contributed by atoms with Crippen molar-refractivity contribution in [3.63, 3.8) is 0 Å². The fraction of sp³-hybridized carbons (Fsp3) is 0.357. The standard InChI is InChI=1S/C14H15F4N3OS/c15-10-3-1-2-9(14(16,17)18)8(10)6-21-13(22)12(23-20)11(19)7-4-5-7/h1-3,7H,4-6,19-20H2,(H,21,22)/b12-11-. The summed E-state index contributed by atoms with van der Waals surface area (Å²) < 4.78 is 52.4. The second kappa shape index (κ2) is 6.79. The van der Waals surface area contributed by atoms with Gasteiger partial charge in [-0.15, -0.1) is 0 Å². The van der Waals surface area contributed by atoms with Gasteiger partial charge in [0.1, 0.15) is 10.7 Å². The van der Waals surface area contributed by atoms with E-state index in [0.29, 0.717) is 17.6 Å². The van der Waals surface area contributed by atoms with Gasteiger partial charge in [0.2, 0.25) is 0 Å². The number of alkyl halides is 3. The molecule has 0 heterocycles. The Kier molecular flexibility index (Phi) is 5.20. The Hall–Kier alpha value is -1.74. The normalized spacial score (nSPS) is 16.0. The summed E-state index contributed by atoms with van der Waals surface area (Å²) in [6.07, 6.45) is -3.03. The summed E-state index contributed by atoms with van der Waals surface area (Å²) in [6.45, 7) is -0.609. The van der Waals surface area contributed by atoms with E-state index in [4.69, 9.17) is 10.9 Å². The quantitative estimate of drug-likeness (QED) is 0.434. The minimum atomic E-state index is -4.71. The fourth-order valence-electron chi connectivity index (χ4n) is 2.09. The van der Waals surface area contributed by atoms with Gasteiger partial charge in [0.15, 0.2) is 0 Å². The largest absolute Gasteiger partial charge is 0.416 e. The van der Waals surface area contributed by atoms with Crippen molar-refractivity contribution < 1.29 is 22.4 Å². The van der Waals surface area contributed by atoms with Crippen LogP contribution in [0.25, 0.3) is 0 Å². The zero-order valence-electron chi connectivity index (χ0n) is 11.9. The third kappa shape index (κ3) is 4.17. The summed E-state index contributed by atoms with van der Waals surface area (Å²) in [5.41, 5.74) is 4.36. The van der Waals surface area contributed by atoms with Crippen LogP contribution in [-0.4, -0.2) is 5.91 Å². The zero-order valence-corrected chi connectivity index (χ0v) is 12.7. The van der Waals surface area contributed by atoms with Gasteiger partial charge in [-0.1, -0.05) is 6.07 Å². The van der Waals surface area contributed by atoms with Crippen LogP contribution in [0.15, 0.2) is 28.8 Å². The molecule has 0 atom stereocenters. The number of hydrogen-bond acceptors (Lipinski definition) is 4. The molecule has 0 aromatic heterocycles. The second-order valence-corrected chi connectivity index (χ2v) is 5.77. The highest BCUT2D eigenvalue weighted by atomic mass is 32.2. The van der Waals surface area contributed by atoms with E-state index in [1.54, 1.807) is 0 Å². The summed E-state index contributed by atoms with van der Waals surface area (Å²) in [7, 11) is 0. The van der Waals surface area contributed by atoms with Gasteiger partial charge in [-0.3, -0.25) is 9.93 Å². The van der Waals surface area contributed by atoms with Crippen LogP contribution in [0.1, 0.15) is 24.0 Å². The molecule has 0 spiro atoms. The molecule has 23 heavy (non-hydrogen) atoms. The molecule has 2 rings (SSSR count). The first-order valence-corrected chi connectivity index (χ1v) is 7.62. The monoisotopic (exact) mass is 349 g/mol. The number of allylic oxidation sites excluding steroid dienone is 1. The molecule has 1 fully saturated rings. The first-order chi connectivity index (χ1) is 10.8. The Bertz CT molecular complexity index is 641. The van der Waals surface area contributed by atoms with Gasteiger partial charge < -0.3 is 11.1 Å². The molecule has 9 heteroatoms. The van der Waals surface area contributed by atoms with Crippen LogP contribution in [0.5, 0.6) is 0 Å². The van der Waals surface area contributed by atoms with Crippen LogP contribution in [0.4, 0.5) is 17.6 Å². The van der Waals surface area contributed by atoms with E-state index in [0.717, 1.165) is 31.0 Å². The summed E-state index contributed by atoms with van der Waals surface area (Å²) in [5, 5.41) is 7.65. The highest BCUT2D eigenvalue weighted by Gasteiger charge is 2.34. The predicted molar refractivity (Wildman–Crippen MR) is 79.0 cm³/mol. The van der Waals surface area contributed by atoms with Crippen molar-refractivity contribution >= 4 is 17.9 Å². The lowest BCUT2D eigenvalue weighted by atomic mass is 10.1. The van der Waals surface area contributed by atoms with Crippen molar-refractivity contribution in [2.75, 3.05) is 0 Å².